The summed E-state index contributed by atoms with van der Waals surface area (Å²) in [6.45, 7) is 5.57. The van der Waals surface area contributed by atoms with Crippen LogP contribution in [0.5, 0.6) is 0 Å². The lowest BCUT2D eigenvalue weighted by Crippen LogP contribution is -2.34. The van der Waals surface area contributed by atoms with E-state index in [9.17, 15) is 9.59 Å². The molecule has 0 saturated heterocycles. The van der Waals surface area contributed by atoms with Crippen LogP contribution in [0, 0.1) is 6.92 Å². The highest BCUT2D eigenvalue weighted by Gasteiger charge is 2.45. The van der Waals surface area contributed by atoms with Gasteiger partial charge < -0.3 is 4.90 Å². The number of benzene rings is 1. The van der Waals surface area contributed by atoms with Crippen molar-refractivity contribution in [2.24, 2.45) is 0 Å². The van der Waals surface area contributed by atoms with Crippen LogP contribution in [-0.2, 0) is 10.2 Å². The van der Waals surface area contributed by atoms with E-state index in [1.54, 1.807) is 32.6 Å². The molecular weight excluding hydrogens is 380 g/mol. The number of hydrogen-bond acceptors (Lipinski definition) is 6. The van der Waals surface area contributed by atoms with Crippen LogP contribution in [-0.4, -0.2) is 50.7 Å². The molecule has 0 unspecified atom stereocenters. The second-order valence-electron chi connectivity index (χ2n) is 7.96. The Labute approximate surface area is 174 Å². The van der Waals surface area contributed by atoms with E-state index >= 15 is 0 Å². The van der Waals surface area contributed by atoms with Crippen LogP contribution in [0.1, 0.15) is 35.7 Å². The number of carbonyl (C=O) groups is 2. The standard InChI is InChI=1S/C22H22N6O2/c1-13-24-11-15(12-25-13)14-6-7-16-18(10-14)28(20(30)22(16,2)3)21-23-9-8-17(26-21)19(29)27(4)5/h6-12H,1-5H3. The van der Waals surface area contributed by atoms with Crippen molar-refractivity contribution >= 4 is 23.5 Å². The summed E-state index contributed by atoms with van der Waals surface area (Å²) in [5, 5.41) is 0. The molecule has 30 heavy (non-hydrogen) atoms. The van der Waals surface area contributed by atoms with Crippen molar-refractivity contribution in [3.63, 3.8) is 0 Å². The smallest absolute Gasteiger partial charge is 0.272 e. The summed E-state index contributed by atoms with van der Waals surface area (Å²) >= 11 is 0. The van der Waals surface area contributed by atoms with E-state index in [1.165, 1.54) is 16.0 Å². The van der Waals surface area contributed by atoms with Gasteiger partial charge in [0.2, 0.25) is 11.9 Å². The highest BCUT2D eigenvalue weighted by Crippen LogP contribution is 2.45. The fourth-order valence-corrected chi connectivity index (χ4v) is 3.47. The Balaban J connectivity index is 1.84. The number of rotatable bonds is 3. The fourth-order valence-electron chi connectivity index (χ4n) is 3.47. The highest BCUT2D eigenvalue weighted by atomic mass is 16.2. The Hall–Kier alpha value is -3.68. The predicted octanol–water partition coefficient (Wildman–Crippen LogP) is 2.90. The van der Waals surface area contributed by atoms with Gasteiger partial charge in [0.15, 0.2) is 0 Å². The first-order valence-electron chi connectivity index (χ1n) is 9.53. The third-order valence-corrected chi connectivity index (χ3v) is 5.23. The van der Waals surface area contributed by atoms with Crippen LogP contribution in [0.4, 0.5) is 11.6 Å². The average Bonchev–Trinajstić information content (AvgIpc) is 2.93. The Morgan fingerprint density at radius 1 is 1.03 bits per heavy atom. The lowest BCUT2D eigenvalue weighted by Gasteiger charge is -2.19. The van der Waals surface area contributed by atoms with Gasteiger partial charge >= 0.3 is 0 Å². The van der Waals surface area contributed by atoms with Crippen LogP contribution in [0.3, 0.4) is 0 Å². The molecular formula is C22H22N6O2. The van der Waals surface area contributed by atoms with Gasteiger partial charge in [-0.3, -0.25) is 9.59 Å². The van der Waals surface area contributed by atoms with Crippen LogP contribution < -0.4 is 4.90 Å². The number of fused-ring (bicyclic) bond motifs is 1. The number of aryl methyl sites for hydroxylation is 1. The maximum atomic E-state index is 13.3. The van der Waals surface area contributed by atoms with E-state index in [1.807, 2.05) is 39.0 Å². The normalized spacial score (nSPS) is 14.6. The Morgan fingerprint density at radius 3 is 2.40 bits per heavy atom. The number of hydrogen-bond donors (Lipinski definition) is 0. The van der Waals surface area contributed by atoms with E-state index in [0.717, 1.165) is 16.7 Å². The average molecular weight is 402 g/mol. The molecule has 2 aromatic heterocycles. The Morgan fingerprint density at radius 2 is 1.73 bits per heavy atom. The van der Waals surface area contributed by atoms with Crippen molar-refractivity contribution in [1.82, 2.24) is 24.8 Å². The van der Waals surface area contributed by atoms with Crippen molar-refractivity contribution in [2.45, 2.75) is 26.2 Å². The first kappa shape index (κ1) is 19.6. The molecule has 8 heteroatoms. The number of carbonyl (C=O) groups excluding carboxylic acids is 2. The lowest BCUT2D eigenvalue weighted by atomic mass is 9.85. The van der Waals surface area contributed by atoms with Crippen molar-refractivity contribution < 1.29 is 9.59 Å². The molecule has 0 saturated carbocycles. The van der Waals surface area contributed by atoms with Crippen LogP contribution in [0.2, 0.25) is 0 Å². The first-order chi connectivity index (χ1) is 14.2. The maximum absolute atomic E-state index is 13.3. The molecule has 2 amide bonds. The van der Waals surface area contributed by atoms with Crippen molar-refractivity contribution in [3.05, 3.63) is 59.9 Å². The quantitative estimate of drug-likeness (QED) is 0.669. The molecule has 0 bridgehead atoms. The predicted molar refractivity (Wildman–Crippen MR) is 112 cm³/mol. The SMILES string of the molecule is Cc1ncc(-c2ccc3c(c2)N(c2nccc(C(=O)N(C)C)n2)C(=O)C3(C)C)cn1. The van der Waals surface area contributed by atoms with Gasteiger partial charge in [-0.25, -0.2) is 24.8 Å². The largest absolute Gasteiger partial charge is 0.343 e. The molecule has 1 aliphatic rings. The summed E-state index contributed by atoms with van der Waals surface area (Å²) in [6, 6.07) is 7.35. The van der Waals surface area contributed by atoms with Gasteiger partial charge in [0.1, 0.15) is 11.5 Å². The molecule has 0 fully saturated rings. The van der Waals surface area contributed by atoms with E-state index in [2.05, 4.69) is 19.9 Å². The minimum absolute atomic E-state index is 0.149. The molecule has 152 valence electrons. The van der Waals surface area contributed by atoms with E-state index in [0.29, 0.717) is 11.5 Å². The number of amides is 2. The monoisotopic (exact) mass is 402 g/mol. The van der Waals surface area contributed by atoms with Gasteiger partial charge in [-0.1, -0.05) is 12.1 Å². The molecule has 8 nitrogen and oxygen atoms in total. The van der Waals surface area contributed by atoms with E-state index < -0.39 is 5.41 Å². The maximum Gasteiger partial charge on any atom is 0.272 e. The van der Waals surface area contributed by atoms with Crippen LogP contribution >= 0.6 is 0 Å². The van der Waals surface area contributed by atoms with E-state index in [4.69, 9.17) is 0 Å². The number of anilines is 2. The minimum Gasteiger partial charge on any atom is -0.343 e. The Bertz CT molecular complexity index is 1150. The third-order valence-electron chi connectivity index (χ3n) is 5.23. The van der Waals surface area contributed by atoms with Crippen molar-refractivity contribution in [1.29, 1.82) is 0 Å². The van der Waals surface area contributed by atoms with Gasteiger partial charge in [-0.2, -0.15) is 0 Å². The fraction of sp³-hybridized carbons (Fsp3) is 0.273. The zero-order valence-corrected chi connectivity index (χ0v) is 17.5. The van der Waals surface area contributed by atoms with Gasteiger partial charge in [0.25, 0.3) is 5.91 Å². The molecule has 4 rings (SSSR count). The molecule has 0 atom stereocenters. The molecule has 0 spiro atoms. The molecule has 3 heterocycles. The minimum atomic E-state index is -0.747. The summed E-state index contributed by atoms with van der Waals surface area (Å²) in [7, 11) is 3.30. The van der Waals surface area contributed by atoms with Crippen molar-refractivity contribution in [2.75, 3.05) is 19.0 Å². The summed E-state index contributed by atoms with van der Waals surface area (Å²) in [5.41, 5.74) is 2.77. The molecule has 1 aliphatic heterocycles. The van der Waals surface area contributed by atoms with Crippen LogP contribution in [0.25, 0.3) is 11.1 Å². The summed E-state index contributed by atoms with van der Waals surface area (Å²) in [4.78, 5) is 45.8. The molecule has 3 aromatic rings. The van der Waals surface area contributed by atoms with Crippen LogP contribution in [0.15, 0.2) is 42.9 Å². The zero-order valence-electron chi connectivity index (χ0n) is 17.5. The van der Waals surface area contributed by atoms with E-state index in [-0.39, 0.29) is 23.5 Å². The summed E-state index contributed by atoms with van der Waals surface area (Å²) in [6.07, 6.45) is 5.00. The second-order valence-corrected chi connectivity index (χ2v) is 7.96. The molecule has 1 aromatic carbocycles. The first-order valence-corrected chi connectivity index (χ1v) is 9.53. The van der Waals surface area contributed by atoms with Crippen molar-refractivity contribution in [3.8, 4) is 11.1 Å². The third kappa shape index (κ3) is 3.10. The van der Waals surface area contributed by atoms with Gasteiger partial charge in [-0.15, -0.1) is 0 Å². The molecule has 0 radical (unpaired) electrons. The van der Waals surface area contributed by atoms with Gasteiger partial charge in [-0.05, 0) is 44.0 Å². The summed E-state index contributed by atoms with van der Waals surface area (Å²) in [5.74, 6) is 0.463. The Kier molecular flexibility index (Phi) is 4.57. The number of aromatic nitrogens is 4. The molecule has 0 aliphatic carbocycles. The zero-order chi connectivity index (χ0) is 21.6. The number of nitrogens with zero attached hydrogens (tertiary/aromatic N) is 6. The van der Waals surface area contributed by atoms with Gasteiger partial charge in [0, 0.05) is 38.2 Å². The highest BCUT2D eigenvalue weighted by molar-refractivity contribution is 6.12. The summed E-state index contributed by atoms with van der Waals surface area (Å²) < 4.78 is 0. The second kappa shape index (κ2) is 6.98. The topological polar surface area (TPSA) is 92.2 Å². The lowest BCUT2D eigenvalue weighted by molar-refractivity contribution is -0.121. The molecule has 0 N–H and O–H groups in total. The van der Waals surface area contributed by atoms with Gasteiger partial charge in [0.05, 0.1) is 11.1 Å².